The van der Waals surface area contributed by atoms with E-state index in [4.69, 9.17) is 0 Å². The number of nitrogens with one attached hydrogen (secondary N) is 1. The molecule has 1 N–H and O–H groups in total. The van der Waals surface area contributed by atoms with Crippen molar-refractivity contribution in [2.45, 2.75) is 38.4 Å². The minimum atomic E-state index is 0.565. The lowest BCUT2D eigenvalue weighted by atomic mass is 9.92. The molecule has 136 valence electrons. The maximum atomic E-state index is 4.44. The number of likely N-dealkylation sites (tertiary alicyclic amines) is 1. The van der Waals surface area contributed by atoms with Gasteiger partial charge in [-0.3, -0.25) is 14.9 Å². The summed E-state index contributed by atoms with van der Waals surface area (Å²) in [5, 5.41) is 11.7. The summed E-state index contributed by atoms with van der Waals surface area (Å²) in [6, 6.07) is 7.40. The van der Waals surface area contributed by atoms with Gasteiger partial charge in [0.05, 0.1) is 18.3 Å². The molecule has 1 saturated heterocycles. The molecular formula is C20H25N5S. The number of rotatable bonds is 5. The Morgan fingerprint density at radius 3 is 3.04 bits per heavy atom. The van der Waals surface area contributed by atoms with Crippen LogP contribution in [0.2, 0.25) is 0 Å². The molecule has 1 aliphatic heterocycles. The Bertz CT molecular complexity index is 879. The van der Waals surface area contributed by atoms with Crippen LogP contribution in [0.25, 0.3) is 10.9 Å². The predicted octanol–water partition coefficient (Wildman–Crippen LogP) is 3.51. The van der Waals surface area contributed by atoms with Gasteiger partial charge in [-0.2, -0.15) is 5.10 Å². The first kappa shape index (κ1) is 16.4. The van der Waals surface area contributed by atoms with E-state index >= 15 is 0 Å². The van der Waals surface area contributed by atoms with E-state index in [0.29, 0.717) is 5.41 Å². The monoisotopic (exact) mass is 367 g/mol. The number of aromatic amines is 1. The number of piperidine rings is 1. The van der Waals surface area contributed by atoms with Gasteiger partial charge in [-0.15, -0.1) is 11.3 Å². The molecule has 1 atom stereocenters. The van der Waals surface area contributed by atoms with E-state index in [-0.39, 0.29) is 0 Å². The van der Waals surface area contributed by atoms with Gasteiger partial charge in [0.25, 0.3) is 0 Å². The molecule has 1 saturated carbocycles. The number of nitrogens with zero attached hydrogens (tertiary/aromatic N) is 4. The quantitative estimate of drug-likeness (QED) is 0.750. The summed E-state index contributed by atoms with van der Waals surface area (Å²) in [6.07, 6.45) is 7.82. The molecule has 1 aromatic carbocycles. The molecule has 26 heavy (non-hydrogen) atoms. The van der Waals surface area contributed by atoms with E-state index in [0.717, 1.165) is 24.6 Å². The maximum Gasteiger partial charge on any atom is 0.107 e. The van der Waals surface area contributed by atoms with Crippen LogP contribution in [0.5, 0.6) is 0 Å². The standard InChI is InChI=1S/C20H25N5S/c1-24(14-19-21-6-9-26-19)18-11-20(18)4-7-25(8-5-20)13-15-2-3-16-12-22-23-17(16)10-15/h2-3,6,9-10,12,18H,4-5,7-8,11,13-14H2,1H3,(H,22,23)/t18-/m0/s1. The molecule has 5 nitrogen and oxygen atoms in total. The Kier molecular flexibility index (Phi) is 4.07. The fraction of sp³-hybridized carbons (Fsp3) is 0.500. The van der Waals surface area contributed by atoms with Gasteiger partial charge in [0.1, 0.15) is 5.01 Å². The van der Waals surface area contributed by atoms with Crippen molar-refractivity contribution in [2.75, 3.05) is 20.1 Å². The summed E-state index contributed by atoms with van der Waals surface area (Å²) in [7, 11) is 2.27. The molecular weight excluding hydrogens is 342 g/mol. The molecule has 0 amide bonds. The van der Waals surface area contributed by atoms with Crippen LogP contribution < -0.4 is 0 Å². The zero-order chi connectivity index (χ0) is 17.6. The van der Waals surface area contributed by atoms with Crippen molar-refractivity contribution in [3.63, 3.8) is 0 Å². The molecule has 0 bridgehead atoms. The first-order valence-corrected chi connectivity index (χ1v) is 10.3. The minimum Gasteiger partial charge on any atom is -0.299 e. The molecule has 6 heteroatoms. The van der Waals surface area contributed by atoms with Crippen LogP contribution in [0.4, 0.5) is 0 Å². The van der Waals surface area contributed by atoms with Gasteiger partial charge in [0.15, 0.2) is 0 Å². The highest BCUT2D eigenvalue weighted by Gasteiger charge is 2.56. The molecule has 1 aliphatic carbocycles. The normalized spacial score (nSPS) is 22.5. The van der Waals surface area contributed by atoms with Crippen LogP contribution in [0.1, 0.15) is 29.8 Å². The third-order valence-corrected chi connectivity index (χ3v) is 7.08. The van der Waals surface area contributed by atoms with Crippen LogP contribution in [-0.4, -0.2) is 51.2 Å². The zero-order valence-electron chi connectivity index (χ0n) is 15.2. The molecule has 0 unspecified atom stereocenters. The fourth-order valence-corrected chi connectivity index (χ4v) is 5.32. The second-order valence-electron chi connectivity index (χ2n) is 7.99. The van der Waals surface area contributed by atoms with Crippen LogP contribution in [-0.2, 0) is 13.1 Å². The first-order chi connectivity index (χ1) is 12.7. The van der Waals surface area contributed by atoms with Gasteiger partial charge in [0.2, 0.25) is 0 Å². The molecule has 3 aromatic rings. The van der Waals surface area contributed by atoms with Crippen molar-refractivity contribution in [1.29, 1.82) is 0 Å². The van der Waals surface area contributed by atoms with Crippen molar-refractivity contribution >= 4 is 22.2 Å². The average Bonchev–Trinajstić information content (AvgIpc) is 3.02. The van der Waals surface area contributed by atoms with Crippen molar-refractivity contribution in [2.24, 2.45) is 5.41 Å². The summed E-state index contributed by atoms with van der Waals surface area (Å²) in [4.78, 5) is 9.58. The van der Waals surface area contributed by atoms with Crippen LogP contribution in [0, 0.1) is 5.41 Å². The SMILES string of the molecule is CN(Cc1nccs1)[C@H]1CC12CCN(Cc1ccc3cn[nH]c3c1)CC2. The van der Waals surface area contributed by atoms with E-state index in [9.17, 15) is 0 Å². The number of aromatic nitrogens is 3. The van der Waals surface area contributed by atoms with Crippen molar-refractivity contribution in [3.8, 4) is 0 Å². The molecule has 0 radical (unpaired) electrons. The Balaban J connectivity index is 1.16. The fourth-order valence-electron chi connectivity index (χ4n) is 4.64. The topological polar surface area (TPSA) is 48.1 Å². The molecule has 2 aliphatic rings. The maximum absolute atomic E-state index is 4.44. The molecule has 5 rings (SSSR count). The van der Waals surface area contributed by atoms with E-state index in [1.165, 1.54) is 48.3 Å². The summed E-state index contributed by atoms with van der Waals surface area (Å²) < 4.78 is 0. The predicted molar refractivity (Wildman–Crippen MR) is 105 cm³/mol. The number of fused-ring (bicyclic) bond motifs is 1. The summed E-state index contributed by atoms with van der Waals surface area (Å²) in [5.74, 6) is 0. The van der Waals surface area contributed by atoms with Crippen LogP contribution >= 0.6 is 11.3 Å². The van der Waals surface area contributed by atoms with Crippen LogP contribution in [0.3, 0.4) is 0 Å². The smallest absolute Gasteiger partial charge is 0.107 e. The highest BCUT2D eigenvalue weighted by atomic mass is 32.1. The van der Waals surface area contributed by atoms with Crippen molar-refractivity contribution in [1.82, 2.24) is 25.0 Å². The van der Waals surface area contributed by atoms with Gasteiger partial charge in [0, 0.05) is 29.5 Å². The molecule has 1 spiro atoms. The first-order valence-electron chi connectivity index (χ1n) is 9.45. The Hall–Kier alpha value is -1.76. The van der Waals surface area contributed by atoms with Gasteiger partial charge in [-0.25, -0.2) is 4.98 Å². The van der Waals surface area contributed by atoms with Gasteiger partial charge >= 0.3 is 0 Å². The molecule has 3 heterocycles. The van der Waals surface area contributed by atoms with Gasteiger partial charge < -0.3 is 0 Å². The second-order valence-corrected chi connectivity index (χ2v) is 8.97. The lowest BCUT2D eigenvalue weighted by Gasteiger charge is -2.34. The lowest BCUT2D eigenvalue weighted by molar-refractivity contribution is 0.139. The third kappa shape index (κ3) is 3.06. The largest absolute Gasteiger partial charge is 0.299 e. The molecule has 2 aromatic heterocycles. The van der Waals surface area contributed by atoms with Crippen molar-refractivity contribution in [3.05, 3.63) is 46.5 Å². The van der Waals surface area contributed by atoms with Gasteiger partial charge in [-0.1, -0.05) is 12.1 Å². The zero-order valence-corrected chi connectivity index (χ0v) is 16.0. The number of benzene rings is 1. The number of hydrogen-bond acceptors (Lipinski definition) is 5. The van der Waals surface area contributed by atoms with Gasteiger partial charge in [-0.05, 0) is 56.4 Å². The van der Waals surface area contributed by atoms with E-state index < -0.39 is 0 Å². The summed E-state index contributed by atoms with van der Waals surface area (Å²) >= 11 is 1.77. The minimum absolute atomic E-state index is 0.565. The Labute approximate surface area is 158 Å². The highest BCUT2D eigenvalue weighted by Crippen LogP contribution is 2.56. The summed E-state index contributed by atoms with van der Waals surface area (Å²) in [5.41, 5.74) is 3.09. The van der Waals surface area contributed by atoms with E-state index in [1.54, 1.807) is 11.3 Å². The number of H-pyrrole nitrogens is 1. The average molecular weight is 368 g/mol. The number of thiazole rings is 1. The van der Waals surface area contributed by atoms with E-state index in [2.05, 4.69) is 55.6 Å². The van der Waals surface area contributed by atoms with Crippen molar-refractivity contribution < 1.29 is 0 Å². The molecule has 2 fully saturated rings. The summed E-state index contributed by atoms with van der Waals surface area (Å²) in [6.45, 7) is 4.47. The third-order valence-electron chi connectivity index (χ3n) is 6.31. The Morgan fingerprint density at radius 2 is 2.23 bits per heavy atom. The number of hydrogen-bond donors (Lipinski definition) is 1. The lowest BCUT2D eigenvalue weighted by Crippen LogP contribution is -2.37. The Morgan fingerprint density at radius 1 is 1.35 bits per heavy atom. The van der Waals surface area contributed by atoms with Crippen LogP contribution in [0.15, 0.2) is 36.0 Å². The van der Waals surface area contributed by atoms with E-state index in [1.807, 2.05) is 12.4 Å². The highest BCUT2D eigenvalue weighted by molar-refractivity contribution is 7.09. The second kappa shape index (κ2) is 6.44.